The Morgan fingerprint density at radius 1 is 1.50 bits per heavy atom. The van der Waals surface area contributed by atoms with Gasteiger partial charge in [-0.3, -0.25) is 5.41 Å². The largest absolute Gasteiger partial charge is 0.408 e. The number of aliphatic hydroxyl groups excluding tert-OH is 1. The zero-order valence-corrected chi connectivity index (χ0v) is 11.5. The number of hydrogen-bond acceptors (Lipinski definition) is 2. The van der Waals surface area contributed by atoms with Crippen molar-refractivity contribution in [3.05, 3.63) is 0 Å². The van der Waals surface area contributed by atoms with Crippen LogP contribution >= 0.6 is 0 Å². The van der Waals surface area contributed by atoms with Crippen molar-refractivity contribution >= 4 is 11.9 Å². The second kappa shape index (κ2) is 7.36. The first-order chi connectivity index (χ1) is 8.58. The van der Waals surface area contributed by atoms with Crippen molar-refractivity contribution in [3.8, 4) is 0 Å². The number of nitrogens with one attached hydrogen (secondary N) is 1. The Labute approximate surface area is 109 Å². The zero-order chi connectivity index (χ0) is 13.5. The maximum Gasteiger partial charge on any atom is 0.408 e. The highest BCUT2D eigenvalue weighted by Crippen LogP contribution is 2.26. The van der Waals surface area contributed by atoms with Crippen LogP contribution in [-0.4, -0.2) is 41.6 Å². The number of likely N-dealkylation sites (tertiary alicyclic amines) is 1. The van der Waals surface area contributed by atoms with Gasteiger partial charge in [-0.05, 0) is 31.1 Å². The average molecular weight is 256 g/mol. The van der Waals surface area contributed by atoms with Gasteiger partial charge in [0.1, 0.15) is 0 Å². The number of carbonyl (C=O) groups is 1. The molecule has 0 saturated carbocycles. The van der Waals surface area contributed by atoms with Gasteiger partial charge in [0.2, 0.25) is 5.84 Å². The molecular formula is C13H26N3O2+. The molecule has 18 heavy (non-hydrogen) atoms. The Hall–Kier alpha value is -1.10. The summed E-state index contributed by atoms with van der Waals surface area (Å²) in [7, 11) is 0. The SMILES string of the molecule is CCC(=[NH2+])NC(=O)N1CCC([C@H](C)CCO)CC1. The standard InChI is InChI=1S/C13H25N3O2/c1-3-12(14)15-13(18)16-7-4-11(5-8-16)10(2)6-9-17/h10-11,17H,3-9H2,1-2H3,(H2,14,15,18)/p+1/t10-/m1/s1. The van der Waals surface area contributed by atoms with E-state index < -0.39 is 0 Å². The van der Waals surface area contributed by atoms with Crippen LogP contribution in [0.25, 0.3) is 0 Å². The molecule has 1 heterocycles. The molecule has 0 radical (unpaired) electrons. The first-order valence-corrected chi connectivity index (χ1v) is 6.86. The molecule has 0 spiro atoms. The number of amides is 2. The van der Waals surface area contributed by atoms with E-state index in [0.717, 1.165) is 32.4 Å². The van der Waals surface area contributed by atoms with Crippen LogP contribution in [0.1, 0.15) is 39.5 Å². The number of piperidine rings is 1. The van der Waals surface area contributed by atoms with Crippen LogP contribution in [0.2, 0.25) is 0 Å². The van der Waals surface area contributed by atoms with Crippen LogP contribution in [-0.2, 0) is 0 Å². The third-order valence-electron chi connectivity index (χ3n) is 3.86. The molecule has 5 nitrogen and oxygen atoms in total. The Kier molecular flexibility index (Phi) is 6.12. The summed E-state index contributed by atoms with van der Waals surface area (Å²) in [6.45, 7) is 5.91. The summed E-state index contributed by atoms with van der Waals surface area (Å²) < 4.78 is 0. The average Bonchev–Trinajstić information content (AvgIpc) is 2.39. The number of nitrogens with two attached hydrogens (primary N) is 1. The monoisotopic (exact) mass is 256 g/mol. The van der Waals surface area contributed by atoms with Gasteiger partial charge >= 0.3 is 6.03 Å². The predicted molar refractivity (Wildman–Crippen MR) is 70.9 cm³/mol. The molecule has 0 bridgehead atoms. The first kappa shape index (κ1) is 15.0. The number of rotatable bonds is 4. The van der Waals surface area contributed by atoms with Crippen molar-refractivity contribution in [2.24, 2.45) is 11.8 Å². The van der Waals surface area contributed by atoms with Crippen LogP contribution < -0.4 is 10.7 Å². The van der Waals surface area contributed by atoms with E-state index in [4.69, 9.17) is 10.5 Å². The number of hydrogen-bond donors (Lipinski definition) is 3. The summed E-state index contributed by atoms with van der Waals surface area (Å²) in [5.41, 5.74) is 0. The predicted octanol–water partition coefficient (Wildman–Crippen LogP) is -0.00590. The van der Waals surface area contributed by atoms with E-state index in [-0.39, 0.29) is 12.6 Å². The number of amidine groups is 1. The summed E-state index contributed by atoms with van der Waals surface area (Å²) in [6.07, 6.45) is 3.55. The summed E-state index contributed by atoms with van der Waals surface area (Å²) in [4.78, 5) is 13.7. The second-order valence-electron chi connectivity index (χ2n) is 5.12. The van der Waals surface area contributed by atoms with E-state index in [1.54, 1.807) is 0 Å². The number of nitrogens with zero attached hydrogens (tertiary/aromatic N) is 1. The zero-order valence-electron chi connectivity index (χ0n) is 11.5. The molecule has 0 aromatic rings. The molecule has 4 N–H and O–H groups in total. The third-order valence-corrected chi connectivity index (χ3v) is 3.86. The normalized spacial score (nSPS) is 18.5. The van der Waals surface area contributed by atoms with Gasteiger partial charge in [0.15, 0.2) is 0 Å². The van der Waals surface area contributed by atoms with Crippen LogP contribution in [0, 0.1) is 11.8 Å². The van der Waals surface area contributed by atoms with E-state index >= 15 is 0 Å². The molecule has 0 aliphatic carbocycles. The minimum Gasteiger partial charge on any atom is -0.396 e. The lowest BCUT2D eigenvalue weighted by molar-refractivity contribution is -0.119. The molecule has 1 fully saturated rings. The van der Waals surface area contributed by atoms with Gasteiger partial charge < -0.3 is 10.0 Å². The van der Waals surface area contributed by atoms with Crippen LogP contribution in [0.5, 0.6) is 0 Å². The van der Waals surface area contributed by atoms with Crippen molar-refractivity contribution in [1.29, 1.82) is 0 Å². The highest BCUT2D eigenvalue weighted by Gasteiger charge is 2.28. The summed E-state index contributed by atoms with van der Waals surface area (Å²) >= 11 is 0. The van der Waals surface area contributed by atoms with E-state index in [9.17, 15) is 4.79 Å². The fourth-order valence-corrected chi connectivity index (χ4v) is 2.42. The molecule has 1 aliphatic rings. The molecule has 0 unspecified atom stereocenters. The molecule has 0 aromatic heterocycles. The van der Waals surface area contributed by atoms with E-state index in [1.807, 2.05) is 11.8 Å². The van der Waals surface area contributed by atoms with Gasteiger partial charge in [0, 0.05) is 26.1 Å². The van der Waals surface area contributed by atoms with Gasteiger partial charge in [0.25, 0.3) is 0 Å². The van der Waals surface area contributed by atoms with E-state index in [1.165, 1.54) is 0 Å². The number of urea groups is 1. The van der Waals surface area contributed by atoms with Crippen LogP contribution in [0.3, 0.4) is 0 Å². The fraction of sp³-hybridized carbons (Fsp3) is 0.846. The van der Waals surface area contributed by atoms with Crippen LogP contribution in [0.4, 0.5) is 4.79 Å². The van der Waals surface area contributed by atoms with Crippen molar-refractivity contribution in [1.82, 2.24) is 10.2 Å². The molecule has 0 aromatic carbocycles. The maximum atomic E-state index is 11.8. The van der Waals surface area contributed by atoms with Crippen molar-refractivity contribution in [3.63, 3.8) is 0 Å². The fourth-order valence-electron chi connectivity index (χ4n) is 2.42. The third kappa shape index (κ3) is 4.29. The molecule has 1 aliphatic heterocycles. The van der Waals surface area contributed by atoms with Gasteiger partial charge in [-0.1, -0.05) is 13.8 Å². The van der Waals surface area contributed by atoms with Crippen molar-refractivity contribution < 1.29 is 15.3 Å². The lowest BCUT2D eigenvalue weighted by atomic mass is 9.84. The number of aliphatic hydroxyl groups is 1. The van der Waals surface area contributed by atoms with Gasteiger partial charge in [-0.25, -0.2) is 4.79 Å². The summed E-state index contributed by atoms with van der Waals surface area (Å²) in [6, 6.07) is -0.0809. The summed E-state index contributed by atoms with van der Waals surface area (Å²) in [5.74, 6) is 1.68. The Morgan fingerprint density at radius 2 is 2.11 bits per heavy atom. The van der Waals surface area contributed by atoms with Gasteiger partial charge in [-0.2, -0.15) is 5.32 Å². The molecule has 1 atom stereocenters. The minimum atomic E-state index is -0.0809. The molecule has 104 valence electrons. The first-order valence-electron chi connectivity index (χ1n) is 6.86. The lowest BCUT2D eigenvalue weighted by Crippen LogP contribution is -2.55. The Morgan fingerprint density at radius 3 is 2.61 bits per heavy atom. The summed E-state index contributed by atoms with van der Waals surface area (Å²) in [5, 5.41) is 17.3. The second-order valence-corrected chi connectivity index (χ2v) is 5.12. The van der Waals surface area contributed by atoms with Crippen LogP contribution in [0.15, 0.2) is 0 Å². The Balaban J connectivity index is 2.34. The minimum absolute atomic E-state index is 0.0809. The molecule has 1 saturated heterocycles. The smallest absolute Gasteiger partial charge is 0.396 e. The maximum absolute atomic E-state index is 11.8. The van der Waals surface area contributed by atoms with Crippen molar-refractivity contribution in [2.45, 2.75) is 39.5 Å². The lowest BCUT2D eigenvalue weighted by Gasteiger charge is -2.33. The topological polar surface area (TPSA) is 78.2 Å². The van der Waals surface area contributed by atoms with E-state index in [0.29, 0.717) is 24.1 Å². The van der Waals surface area contributed by atoms with Crippen molar-refractivity contribution in [2.75, 3.05) is 19.7 Å². The number of carbonyl (C=O) groups excluding carboxylic acids is 1. The molecule has 1 rings (SSSR count). The molecule has 5 heteroatoms. The van der Waals surface area contributed by atoms with Gasteiger partial charge in [-0.15, -0.1) is 0 Å². The molecule has 2 amide bonds. The molecular weight excluding hydrogens is 230 g/mol. The Bertz CT molecular complexity index is 286. The quantitative estimate of drug-likeness (QED) is 0.489. The highest BCUT2D eigenvalue weighted by atomic mass is 16.3. The highest BCUT2D eigenvalue weighted by molar-refractivity contribution is 5.94. The van der Waals surface area contributed by atoms with Gasteiger partial charge in [0.05, 0.1) is 0 Å². The van der Waals surface area contributed by atoms with E-state index in [2.05, 4.69) is 12.2 Å².